The third-order valence-corrected chi connectivity index (χ3v) is 8.43. The van der Waals surface area contributed by atoms with Gasteiger partial charge in [-0.1, -0.05) is 147 Å². The van der Waals surface area contributed by atoms with Gasteiger partial charge in [-0.15, -0.1) is 12.3 Å². The summed E-state index contributed by atoms with van der Waals surface area (Å²) < 4.78 is 0. The van der Waals surface area contributed by atoms with Crippen molar-refractivity contribution in [1.82, 2.24) is 0 Å². The molecule has 6 aromatic carbocycles. The number of hydrogen-bond acceptors (Lipinski definition) is 0. The molecule has 0 aromatic heterocycles. The average molecular weight is 593 g/mol. The molecular formula is C46H40. The predicted octanol–water partition coefficient (Wildman–Crippen LogP) is 12.7. The zero-order valence-corrected chi connectivity index (χ0v) is 25.9. The lowest BCUT2D eigenvalue weighted by Gasteiger charge is -2.17. The molecule has 0 bridgehead atoms. The van der Waals surface area contributed by atoms with Crippen molar-refractivity contribution in [2.45, 2.75) is 27.7 Å². The zero-order chi connectivity index (χ0) is 31.2. The van der Waals surface area contributed by atoms with Crippen molar-refractivity contribution >= 4 is 38.3 Å². The van der Waals surface area contributed by atoms with Crippen molar-refractivity contribution in [1.29, 1.82) is 0 Å². The monoisotopic (exact) mass is 592 g/mol. The molecule has 0 aliphatic carbocycles. The third kappa shape index (κ3) is 6.56. The summed E-state index contributed by atoms with van der Waals surface area (Å²) in [7, 11) is 0. The summed E-state index contributed by atoms with van der Waals surface area (Å²) >= 11 is 0. The molecule has 0 N–H and O–H groups in total. The third-order valence-electron chi connectivity index (χ3n) is 8.43. The van der Waals surface area contributed by atoms with Gasteiger partial charge in [0.1, 0.15) is 0 Å². The maximum absolute atomic E-state index is 5.51. The molecule has 0 aliphatic heterocycles. The topological polar surface area (TPSA) is 0 Å². The van der Waals surface area contributed by atoms with Crippen LogP contribution in [0.4, 0.5) is 0 Å². The van der Waals surface area contributed by atoms with E-state index in [4.69, 9.17) is 6.42 Å². The molecule has 0 spiro atoms. The lowest BCUT2D eigenvalue weighted by Crippen LogP contribution is -1.96. The molecule has 6 aromatic rings. The van der Waals surface area contributed by atoms with Gasteiger partial charge in [-0.3, -0.25) is 0 Å². The van der Waals surface area contributed by atoms with Gasteiger partial charge < -0.3 is 0 Å². The van der Waals surface area contributed by atoms with Crippen LogP contribution in [0.15, 0.2) is 158 Å². The van der Waals surface area contributed by atoms with E-state index in [2.05, 4.69) is 172 Å². The highest BCUT2D eigenvalue weighted by molar-refractivity contribution is 6.01. The summed E-state index contributed by atoms with van der Waals surface area (Å²) in [6, 6.07) is 45.7. The first-order valence-electron chi connectivity index (χ1n) is 15.4. The van der Waals surface area contributed by atoms with Gasteiger partial charge in [0, 0.05) is 6.42 Å². The molecular weight excluding hydrogens is 553 g/mol. The first kappa shape index (κ1) is 31.8. The number of allylic oxidation sites excluding steroid dienone is 6. The Kier molecular flexibility index (Phi) is 9.97. The lowest BCUT2D eigenvalue weighted by molar-refractivity contribution is 1.41. The number of rotatable bonds is 8. The molecule has 6 rings (SSSR count). The van der Waals surface area contributed by atoms with E-state index in [0.29, 0.717) is 6.42 Å². The quantitative estimate of drug-likeness (QED) is 0.122. The second-order valence-corrected chi connectivity index (χ2v) is 11.3. The van der Waals surface area contributed by atoms with E-state index in [1.807, 2.05) is 6.08 Å². The highest BCUT2D eigenvalue weighted by Gasteiger charge is 2.14. The van der Waals surface area contributed by atoms with Crippen LogP contribution in [0.1, 0.15) is 48.6 Å². The number of terminal acetylenes is 1. The van der Waals surface area contributed by atoms with Crippen LogP contribution in [0, 0.1) is 19.3 Å². The second kappa shape index (κ2) is 14.4. The fourth-order valence-electron chi connectivity index (χ4n) is 6.11. The number of hydrogen-bond donors (Lipinski definition) is 0. The molecule has 0 saturated carbocycles. The molecule has 0 saturated heterocycles. The Morgan fingerprint density at radius 1 is 0.717 bits per heavy atom. The Hall–Kier alpha value is -5.64. The van der Waals surface area contributed by atoms with E-state index in [1.54, 1.807) is 0 Å². The number of fused-ring (bicyclic) bond motifs is 2. The van der Waals surface area contributed by atoms with Crippen molar-refractivity contribution in [3.05, 3.63) is 186 Å². The minimum atomic E-state index is 0. The Bertz CT molecular complexity index is 2160. The van der Waals surface area contributed by atoms with Crippen LogP contribution >= 0.6 is 0 Å². The fraction of sp³-hybridized carbons (Fsp3) is 0.0870. The van der Waals surface area contributed by atoms with Gasteiger partial charge >= 0.3 is 0 Å². The van der Waals surface area contributed by atoms with Crippen LogP contribution in [0.25, 0.3) is 49.4 Å². The number of aryl methyl sites for hydroxylation is 1. The largest absolute Gasteiger partial charge is 0.120 e. The first-order valence-corrected chi connectivity index (χ1v) is 15.4. The summed E-state index contributed by atoms with van der Waals surface area (Å²) in [5.74, 6) is 2.70. The van der Waals surface area contributed by atoms with E-state index in [-0.39, 0.29) is 7.43 Å². The summed E-state index contributed by atoms with van der Waals surface area (Å²) in [4.78, 5) is 0. The van der Waals surface area contributed by atoms with Gasteiger partial charge in [0.25, 0.3) is 0 Å². The molecule has 0 heterocycles. The summed E-state index contributed by atoms with van der Waals surface area (Å²) in [5, 5.41) is 4.89. The van der Waals surface area contributed by atoms with Crippen molar-refractivity contribution < 1.29 is 0 Å². The van der Waals surface area contributed by atoms with Gasteiger partial charge in [-0.25, -0.2) is 0 Å². The Labute approximate surface area is 274 Å². The SMILES string of the molecule is C.C#CC/C=C\C(=C/C)c1cccc(/C(=C/C(=C)c2cccc3ccccc23)c2cc(-c3cccc4ccccc34)ccc2C)c1. The Balaban J connectivity index is 0.00000417. The van der Waals surface area contributed by atoms with Gasteiger partial charge in [-0.05, 0) is 109 Å². The molecule has 46 heavy (non-hydrogen) atoms. The fourth-order valence-corrected chi connectivity index (χ4v) is 6.11. The average Bonchev–Trinajstić information content (AvgIpc) is 3.09. The summed E-state index contributed by atoms with van der Waals surface area (Å²) in [5.41, 5.74) is 11.5. The first-order chi connectivity index (χ1) is 22.1. The highest BCUT2D eigenvalue weighted by atomic mass is 14.2. The van der Waals surface area contributed by atoms with Crippen LogP contribution in [-0.4, -0.2) is 0 Å². The summed E-state index contributed by atoms with van der Waals surface area (Å²) in [6.45, 7) is 8.89. The minimum Gasteiger partial charge on any atom is -0.120 e. The van der Waals surface area contributed by atoms with E-state index >= 15 is 0 Å². The van der Waals surface area contributed by atoms with E-state index in [1.165, 1.54) is 43.8 Å². The second-order valence-electron chi connectivity index (χ2n) is 11.3. The van der Waals surface area contributed by atoms with Crippen LogP contribution in [0.5, 0.6) is 0 Å². The van der Waals surface area contributed by atoms with Gasteiger partial charge in [0.05, 0.1) is 0 Å². The molecule has 224 valence electrons. The van der Waals surface area contributed by atoms with Gasteiger partial charge in [0.2, 0.25) is 0 Å². The summed E-state index contributed by atoms with van der Waals surface area (Å²) in [6.07, 6.45) is 14.7. The van der Waals surface area contributed by atoms with Crippen LogP contribution in [0.2, 0.25) is 0 Å². The smallest absolute Gasteiger partial charge is 0.0270 e. The predicted molar refractivity (Wildman–Crippen MR) is 204 cm³/mol. The van der Waals surface area contributed by atoms with Gasteiger partial charge in [-0.2, -0.15) is 0 Å². The Morgan fingerprint density at radius 2 is 1.37 bits per heavy atom. The standard InChI is InChI=1S/C45H36.CH4/c1-5-7-8-16-34(6-2)37-21-13-22-38(30-37)45(29-33(4)40-25-14-19-35-17-9-11-23-41(35)40)44-31-39(28-27-32(44)3)43-26-15-20-36-18-10-12-24-42(36)43;/h1,6,8-31H,4,7H2,2-3H3;1H4/b16-8-,34-6+,45-29-;. The maximum Gasteiger partial charge on any atom is 0.0270 e. The van der Waals surface area contributed by atoms with Crippen molar-refractivity contribution in [3.63, 3.8) is 0 Å². The normalized spacial score (nSPS) is 11.8. The molecule has 0 heteroatoms. The van der Waals surface area contributed by atoms with Crippen LogP contribution < -0.4 is 0 Å². The van der Waals surface area contributed by atoms with Crippen LogP contribution in [-0.2, 0) is 0 Å². The highest BCUT2D eigenvalue weighted by Crippen LogP contribution is 2.37. The molecule has 0 nitrogen and oxygen atoms in total. The van der Waals surface area contributed by atoms with E-state index in [9.17, 15) is 0 Å². The molecule has 0 radical (unpaired) electrons. The van der Waals surface area contributed by atoms with Crippen molar-refractivity contribution in [2.75, 3.05) is 0 Å². The van der Waals surface area contributed by atoms with Crippen molar-refractivity contribution in [2.24, 2.45) is 0 Å². The van der Waals surface area contributed by atoms with Crippen molar-refractivity contribution in [3.8, 4) is 23.5 Å². The van der Waals surface area contributed by atoms with E-state index in [0.717, 1.165) is 33.4 Å². The zero-order valence-electron chi connectivity index (χ0n) is 25.9. The number of benzene rings is 6. The van der Waals surface area contributed by atoms with Crippen LogP contribution in [0.3, 0.4) is 0 Å². The van der Waals surface area contributed by atoms with E-state index < -0.39 is 0 Å². The maximum atomic E-state index is 5.51. The minimum absolute atomic E-state index is 0. The molecule has 0 aliphatic rings. The van der Waals surface area contributed by atoms with Gasteiger partial charge in [0.15, 0.2) is 0 Å². The molecule has 0 amide bonds. The Morgan fingerprint density at radius 3 is 2.13 bits per heavy atom. The molecule has 0 fully saturated rings. The molecule has 0 unspecified atom stereocenters. The molecule has 0 atom stereocenters. The lowest BCUT2D eigenvalue weighted by atomic mass is 9.87.